The van der Waals surface area contributed by atoms with Gasteiger partial charge in [0.15, 0.2) is 11.5 Å². The lowest BCUT2D eigenvalue weighted by Crippen LogP contribution is -2.25. The van der Waals surface area contributed by atoms with Crippen LogP contribution in [0.4, 0.5) is 0 Å². The standard InChI is InChI=1S/C14H21NO2/c1-10(8-15)9-16-12-6-4-5-11-7-14(2,3)17-13(11)12/h4-6,10H,7-9,15H2,1-3H3. The predicted octanol–water partition coefficient (Wildman–Crippen LogP) is 2.37. The van der Waals surface area contributed by atoms with Gasteiger partial charge in [-0.05, 0) is 26.5 Å². The van der Waals surface area contributed by atoms with Gasteiger partial charge >= 0.3 is 0 Å². The van der Waals surface area contributed by atoms with Crippen LogP contribution in [0.25, 0.3) is 0 Å². The van der Waals surface area contributed by atoms with Crippen LogP contribution in [0.2, 0.25) is 0 Å². The van der Waals surface area contributed by atoms with Gasteiger partial charge in [0.2, 0.25) is 0 Å². The highest BCUT2D eigenvalue weighted by atomic mass is 16.5. The number of para-hydroxylation sites is 1. The maximum atomic E-state index is 5.94. The third-order valence-corrected chi connectivity index (χ3v) is 2.98. The molecule has 0 bridgehead atoms. The number of hydrogen-bond acceptors (Lipinski definition) is 3. The van der Waals surface area contributed by atoms with Crippen molar-refractivity contribution in [2.24, 2.45) is 11.7 Å². The van der Waals surface area contributed by atoms with Crippen LogP contribution in [0.15, 0.2) is 18.2 Å². The van der Waals surface area contributed by atoms with E-state index in [4.69, 9.17) is 15.2 Å². The summed E-state index contributed by atoms with van der Waals surface area (Å²) < 4.78 is 11.7. The summed E-state index contributed by atoms with van der Waals surface area (Å²) in [5, 5.41) is 0. The fourth-order valence-electron chi connectivity index (χ4n) is 2.00. The van der Waals surface area contributed by atoms with E-state index in [2.05, 4.69) is 26.8 Å². The minimum absolute atomic E-state index is 0.124. The fourth-order valence-corrected chi connectivity index (χ4v) is 2.00. The summed E-state index contributed by atoms with van der Waals surface area (Å²) in [6, 6.07) is 6.08. The Morgan fingerprint density at radius 3 is 2.94 bits per heavy atom. The van der Waals surface area contributed by atoms with Gasteiger partial charge in [0.25, 0.3) is 0 Å². The van der Waals surface area contributed by atoms with Crippen molar-refractivity contribution in [3.8, 4) is 11.5 Å². The van der Waals surface area contributed by atoms with Crippen molar-refractivity contribution in [2.75, 3.05) is 13.2 Å². The molecule has 0 saturated heterocycles. The monoisotopic (exact) mass is 235 g/mol. The molecule has 2 rings (SSSR count). The number of nitrogens with two attached hydrogens (primary N) is 1. The minimum atomic E-state index is -0.124. The van der Waals surface area contributed by atoms with Gasteiger partial charge in [-0.25, -0.2) is 0 Å². The van der Waals surface area contributed by atoms with E-state index in [9.17, 15) is 0 Å². The fraction of sp³-hybridized carbons (Fsp3) is 0.571. The molecule has 1 aliphatic rings. The van der Waals surface area contributed by atoms with Crippen LogP contribution in [-0.4, -0.2) is 18.8 Å². The van der Waals surface area contributed by atoms with Crippen molar-refractivity contribution >= 4 is 0 Å². The molecule has 0 saturated carbocycles. The van der Waals surface area contributed by atoms with E-state index in [0.29, 0.717) is 19.1 Å². The van der Waals surface area contributed by atoms with Gasteiger partial charge in [0, 0.05) is 17.9 Å². The first kappa shape index (κ1) is 12.2. The lowest BCUT2D eigenvalue weighted by Gasteiger charge is -2.18. The van der Waals surface area contributed by atoms with E-state index >= 15 is 0 Å². The highest BCUT2D eigenvalue weighted by Crippen LogP contribution is 2.41. The molecule has 0 radical (unpaired) electrons. The van der Waals surface area contributed by atoms with E-state index in [1.165, 1.54) is 5.56 Å². The molecule has 1 unspecified atom stereocenters. The van der Waals surface area contributed by atoms with Crippen molar-refractivity contribution in [3.05, 3.63) is 23.8 Å². The topological polar surface area (TPSA) is 44.5 Å². The Hall–Kier alpha value is -1.22. The van der Waals surface area contributed by atoms with Crippen LogP contribution in [-0.2, 0) is 6.42 Å². The zero-order chi connectivity index (χ0) is 12.5. The van der Waals surface area contributed by atoms with Crippen molar-refractivity contribution in [2.45, 2.75) is 32.8 Å². The summed E-state index contributed by atoms with van der Waals surface area (Å²) in [6.07, 6.45) is 0.936. The molecule has 1 atom stereocenters. The molecule has 1 aromatic rings. The molecule has 2 N–H and O–H groups in total. The van der Waals surface area contributed by atoms with Gasteiger partial charge < -0.3 is 15.2 Å². The zero-order valence-corrected chi connectivity index (χ0v) is 10.8. The van der Waals surface area contributed by atoms with E-state index in [1.54, 1.807) is 0 Å². The molecule has 0 aliphatic carbocycles. The SMILES string of the molecule is CC(CN)COc1cccc2c1OC(C)(C)C2. The van der Waals surface area contributed by atoms with Gasteiger partial charge in [-0.1, -0.05) is 19.1 Å². The largest absolute Gasteiger partial charge is 0.489 e. The molecular weight excluding hydrogens is 214 g/mol. The van der Waals surface area contributed by atoms with E-state index in [1.807, 2.05) is 12.1 Å². The molecule has 1 aliphatic heterocycles. The van der Waals surface area contributed by atoms with Gasteiger partial charge in [0.05, 0.1) is 6.61 Å². The van der Waals surface area contributed by atoms with Crippen molar-refractivity contribution < 1.29 is 9.47 Å². The Labute approximate surface area is 103 Å². The quantitative estimate of drug-likeness (QED) is 0.871. The number of hydrogen-bond donors (Lipinski definition) is 1. The Balaban J connectivity index is 2.13. The zero-order valence-electron chi connectivity index (χ0n) is 10.8. The molecule has 3 heteroatoms. The van der Waals surface area contributed by atoms with Crippen molar-refractivity contribution in [1.29, 1.82) is 0 Å². The first-order valence-corrected chi connectivity index (χ1v) is 6.15. The summed E-state index contributed by atoms with van der Waals surface area (Å²) in [5.41, 5.74) is 6.69. The Morgan fingerprint density at radius 2 is 2.24 bits per heavy atom. The third-order valence-electron chi connectivity index (χ3n) is 2.98. The average Bonchev–Trinajstić information content (AvgIpc) is 2.60. The molecule has 94 valence electrons. The molecule has 1 aromatic carbocycles. The van der Waals surface area contributed by atoms with Crippen LogP contribution in [0.5, 0.6) is 11.5 Å². The van der Waals surface area contributed by atoms with Crippen molar-refractivity contribution in [3.63, 3.8) is 0 Å². The first-order valence-electron chi connectivity index (χ1n) is 6.15. The molecule has 0 amide bonds. The maximum Gasteiger partial charge on any atom is 0.165 e. The predicted molar refractivity (Wildman–Crippen MR) is 68.6 cm³/mol. The average molecular weight is 235 g/mol. The highest BCUT2D eigenvalue weighted by molar-refractivity contribution is 5.50. The Morgan fingerprint density at radius 1 is 1.47 bits per heavy atom. The normalized spacial score (nSPS) is 18.4. The van der Waals surface area contributed by atoms with Gasteiger partial charge in [-0.3, -0.25) is 0 Å². The number of ether oxygens (including phenoxy) is 2. The van der Waals surface area contributed by atoms with Crippen LogP contribution in [0, 0.1) is 5.92 Å². The van der Waals surface area contributed by atoms with Crippen LogP contribution >= 0.6 is 0 Å². The molecule has 0 fully saturated rings. The Kier molecular flexibility index (Phi) is 3.29. The third kappa shape index (κ3) is 2.72. The maximum absolute atomic E-state index is 5.94. The smallest absolute Gasteiger partial charge is 0.165 e. The Bertz CT molecular complexity index is 401. The van der Waals surface area contributed by atoms with Crippen LogP contribution in [0.1, 0.15) is 26.3 Å². The molecule has 0 spiro atoms. The first-order chi connectivity index (χ1) is 8.02. The van der Waals surface area contributed by atoms with Crippen LogP contribution < -0.4 is 15.2 Å². The summed E-state index contributed by atoms with van der Waals surface area (Å²) in [7, 11) is 0. The number of fused-ring (bicyclic) bond motifs is 1. The van der Waals surface area contributed by atoms with Gasteiger partial charge in [0.1, 0.15) is 5.60 Å². The second kappa shape index (κ2) is 4.57. The molecular formula is C14H21NO2. The molecule has 0 aromatic heterocycles. The van der Waals surface area contributed by atoms with Crippen molar-refractivity contribution in [1.82, 2.24) is 0 Å². The summed E-state index contributed by atoms with van der Waals surface area (Å²) in [5.74, 6) is 2.11. The van der Waals surface area contributed by atoms with E-state index < -0.39 is 0 Å². The second-order valence-electron chi connectivity index (χ2n) is 5.43. The molecule has 17 heavy (non-hydrogen) atoms. The van der Waals surface area contributed by atoms with E-state index in [-0.39, 0.29) is 5.60 Å². The lowest BCUT2D eigenvalue weighted by molar-refractivity contribution is 0.130. The molecule has 1 heterocycles. The lowest BCUT2D eigenvalue weighted by atomic mass is 10.0. The second-order valence-corrected chi connectivity index (χ2v) is 5.43. The van der Waals surface area contributed by atoms with Gasteiger partial charge in [-0.15, -0.1) is 0 Å². The van der Waals surface area contributed by atoms with Gasteiger partial charge in [-0.2, -0.15) is 0 Å². The summed E-state index contributed by atoms with van der Waals surface area (Å²) in [6.45, 7) is 7.55. The summed E-state index contributed by atoms with van der Waals surface area (Å²) in [4.78, 5) is 0. The molecule has 3 nitrogen and oxygen atoms in total. The van der Waals surface area contributed by atoms with E-state index in [0.717, 1.165) is 17.9 Å². The number of benzene rings is 1. The van der Waals surface area contributed by atoms with Crippen LogP contribution in [0.3, 0.4) is 0 Å². The minimum Gasteiger partial charge on any atom is -0.489 e. The number of rotatable bonds is 4. The summed E-state index contributed by atoms with van der Waals surface area (Å²) >= 11 is 0. The highest BCUT2D eigenvalue weighted by Gasteiger charge is 2.32.